The average molecular weight is 628 g/mol. The Balaban J connectivity index is 1.43. The number of anilines is 2. The minimum atomic E-state index is -0.525. The molecule has 11 heteroatoms. The van der Waals surface area contributed by atoms with Gasteiger partial charge in [-0.25, -0.2) is 0 Å². The topological polar surface area (TPSA) is 124 Å². The van der Waals surface area contributed by atoms with Gasteiger partial charge in [-0.2, -0.15) is 0 Å². The van der Waals surface area contributed by atoms with Gasteiger partial charge in [0.05, 0.1) is 34.2 Å². The quantitative estimate of drug-likeness (QED) is 0.124. The molecule has 3 N–H and O–H groups in total. The van der Waals surface area contributed by atoms with E-state index in [1.54, 1.807) is 111 Å². The SMILES string of the molecule is COc1cc(NC(=O)CSc2ccc(NC(=O)/C(=C/c3ccc(OC)c(OC)c3)NC(=O)c3ccccc3)cc2)cc(OC)c1. The van der Waals surface area contributed by atoms with Crippen LogP contribution in [0.1, 0.15) is 15.9 Å². The number of amides is 3. The summed E-state index contributed by atoms with van der Waals surface area (Å²) >= 11 is 1.34. The van der Waals surface area contributed by atoms with Gasteiger partial charge in [-0.15, -0.1) is 11.8 Å². The van der Waals surface area contributed by atoms with Crippen molar-refractivity contribution in [2.24, 2.45) is 0 Å². The molecule has 0 aliphatic carbocycles. The Hall–Kier alpha value is -5.42. The van der Waals surface area contributed by atoms with Crippen LogP contribution in [0.25, 0.3) is 6.08 Å². The summed E-state index contributed by atoms with van der Waals surface area (Å²) < 4.78 is 21.2. The summed E-state index contributed by atoms with van der Waals surface area (Å²) in [5, 5.41) is 8.39. The molecule has 0 saturated carbocycles. The van der Waals surface area contributed by atoms with E-state index in [1.165, 1.54) is 26.0 Å². The highest BCUT2D eigenvalue weighted by molar-refractivity contribution is 8.00. The molecule has 232 valence electrons. The summed E-state index contributed by atoms with van der Waals surface area (Å²) in [7, 11) is 6.13. The lowest BCUT2D eigenvalue weighted by molar-refractivity contribution is -0.114. The number of hydrogen-bond acceptors (Lipinski definition) is 8. The third kappa shape index (κ3) is 9.28. The first-order chi connectivity index (χ1) is 21.8. The first-order valence-corrected chi connectivity index (χ1v) is 14.7. The minimum absolute atomic E-state index is 0.0281. The van der Waals surface area contributed by atoms with Crippen molar-refractivity contribution in [1.29, 1.82) is 0 Å². The van der Waals surface area contributed by atoms with Crippen LogP contribution in [0.15, 0.2) is 102 Å². The Morgan fingerprint density at radius 3 is 1.98 bits per heavy atom. The third-order valence-electron chi connectivity index (χ3n) is 6.36. The molecule has 45 heavy (non-hydrogen) atoms. The zero-order valence-corrected chi connectivity index (χ0v) is 26.0. The highest BCUT2D eigenvalue weighted by Crippen LogP contribution is 2.29. The maximum absolute atomic E-state index is 13.4. The smallest absolute Gasteiger partial charge is 0.272 e. The standard InChI is InChI=1S/C34H33N3O7S/c1-41-26-18-25(19-27(20-26)42-2)35-32(38)21-45-28-13-11-24(12-14-28)36-34(40)29(37-33(39)23-8-6-5-7-9-23)16-22-10-15-30(43-3)31(17-22)44-4/h5-20H,21H2,1-4H3,(H,35,38)(H,36,40)(H,37,39)/b29-16-. The highest BCUT2D eigenvalue weighted by Gasteiger charge is 2.16. The van der Waals surface area contributed by atoms with Crippen molar-refractivity contribution in [3.05, 3.63) is 108 Å². The van der Waals surface area contributed by atoms with Crippen LogP contribution in [0.3, 0.4) is 0 Å². The molecular formula is C34H33N3O7S. The van der Waals surface area contributed by atoms with Gasteiger partial charge in [0.1, 0.15) is 17.2 Å². The molecule has 0 heterocycles. The van der Waals surface area contributed by atoms with Crippen LogP contribution in [0.2, 0.25) is 0 Å². The van der Waals surface area contributed by atoms with Crippen molar-refractivity contribution < 1.29 is 33.3 Å². The van der Waals surface area contributed by atoms with Crippen molar-refractivity contribution in [2.75, 3.05) is 44.8 Å². The molecule has 0 radical (unpaired) electrons. The highest BCUT2D eigenvalue weighted by atomic mass is 32.2. The molecule has 4 aromatic rings. The van der Waals surface area contributed by atoms with Gasteiger partial charge in [0.25, 0.3) is 11.8 Å². The van der Waals surface area contributed by atoms with E-state index in [4.69, 9.17) is 18.9 Å². The van der Waals surface area contributed by atoms with E-state index in [0.717, 1.165) is 4.90 Å². The van der Waals surface area contributed by atoms with E-state index >= 15 is 0 Å². The second kappa shape index (κ2) is 15.9. The van der Waals surface area contributed by atoms with Crippen LogP contribution < -0.4 is 34.9 Å². The van der Waals surface area contributed by atoms with Gasteiger partial charge >= 0.3 is 0 Å². The summed E-state index contributed by atoms with van der Waals surface area (Å²) in [6.07, 6.45) is 1.55. The molecule has 10 nitrogen and oxygen atoms in total. The zero-order chi connectivity index (χ0) is 32.2. The lowest BCUT2D eigenvalue weighted by atomic mass is 10.1. The van der Waals surface area contributed by atoms with Gasteiger partial charge in [0.15, 0.2) is 11.5 Å². The van der Waals surface area contributed by atoms with Crippen molar-refractivity contribution in [3.8, 4) is 23.0 Å². The predicted octanol–water partition coefficient (Wildman–Crippen LogP) is 5.86. The van der Waals surface area contributed by atoms with E-state index in [0.29, 0.717) is 45.5 Å². The molecule has 0 spiro atoms. The first-order valence-electron chi connectivity index (χ1n) is 13.7. The van der Waals surface area contributed by atoms with Gasteiger partial charge in [0, 0.05) is 40.0 Å². The number of benzene rings is 4. The van der Waals surface area contributed by atoms with E-state index < -0.39 is 11.8 Å². The number of nitrogens with one attached hydrogen (secondary N) is 3. The van der Waals surface area contributed by atoms with Crippen LogP contribution in [0, 0.1) is 0 Å². The molecule has 0 fully saturated rings. The van der Waals surface area contributed by atoms with Crippen LogP contribution in [0.5, 0.6) is 23.0 Å². The van der Waals surface area contributed by atoms with Crippen LogP contribution in [-0.4, -0.2) is 51.9 Å². The molecule has 0 aliphatic rings. The summed E-state index contributed by atoms with van der Waals surface area (Å²) in [5.74, 6) is 1.14. The van der Waals surface area contributed by atoms with Gasteiger partial charge < -0.3 is 34.9 Å². The Morgan fingerprint density at radius 1 is 0.689 bits per heavy atom. The van der Waals surface area contributed by atoms with E-state index in [2.05, 4.69) is 16.0 Å². The zero-order valence-electron chi connectivity index (χ0n) is 25.2. The molecule has 0 aliphatic heterocycles. The van der Waals surface area contributed by atoms with E-state index in [9.17, 15) is 14.4 Å². The van der Waals surface area contributed by atoms with Gasteiger partial charge in [-0.3, -0.25) is 14.4 Å². The fraction of sp³-hybridized carbons (Fsp3) is 0.147. The molecule has 4 aromatic carbocycles. The normalized spacial score (nSPS) is 10.8. The van der Waals surface area contributed by atoms with Crippen LogP contribution in [-0.2, 0) is 9.59 Å². The fourth-order valence-electron chi connectivity index (χ4n) is 4.11. The number of thioether (sulfide) groups is 1. The average Bonchev–Trinajstić information content (AvgIpc) is 3.07. The lowest BCUT2D eigenvalue weighted by Crippen LogP contribution is -2.30. The number of carbonyl (C=O) groups is 3. The second-order valence-electron chi connectivity index (χ2n) is 9.41. The largest absolute Gasteiger partial charge is 0.497 e. The first kappa shape index (κ1) is 32.5. The number of methoxy groups -OCH3 is 4. The second-order valence-corrected chi connectivity index (χ2v) is 10.5. The Bertz CT molecular complexity index is 1650. The molecule has 0 unspecified atom stereocenters. The summed E-state index contributed by atoms with van der Waals surface area (Å²) in [6.45, 7) is 0. The lowest BCUT2D eigenvalue weighted by Gasteiger charge is -2.13. The van der Waals surface area contributed by atoms with Crippen molar-refractivity contribution in [2.45, 2.75) is 4.90 Å². The van der Waals surface area contributed by atoms with Gasteiger partial charge in [0.2, 0.25) is 5.91 Å². The van der Waals surface area contributed by atoms with Crippen molar-refractivity contribution in [1.82, 2.24) is 5.32 Å². The number of hydrogen-bond donors (Lipinski definition) is 3. The molecule has 0 bridgehead atoms. The van der Waals surface area contributed by atoms with Crippen LogP contribution >= 0.6 is 11.8 Å². The van der Waals surface area contributed by atoms with Crippen molar-refractivity contribution in [3.63, 3.8) is 0 Å². The minimum Gasteiger partial charge on any atom is -0.497 e. The molecular weight excluding hydrogens is 594 g/mol. The van der Waals surface area contributed by atoms with E-state index in [1.807, 2.05) is 0 Å². The summed E-state index contributed by atoms with van der Waals surface area (Å²) in [5.41, 5.74) is 2.11. The number of rotatable bonds is 13. The predicted molar refractivity (Wildman–Crippen MR) is 175 cm³/mol. The van der Waals surface area contributed by atoms with Crippen molar-refractivity contribution >= 4 is 46.9 Å². The molecule has 0 saturated heterocycles. The fourth-order valence-corrected chi connectivity index (χ4v) is 4.81. The van der Waals surface area contributed by atoms with Gasteiger partial charge in [-0.1, -0.05) is 24.3 Å². The summed E-state index contributed by atoms with van der Waals surface area (Å²) in [4.78, 5) is 39.7. The number of carbonyl (C=O) groups excluding carboxylic acids is 3. The van der Waals surface area contributed by atoms with Gasteiger partial charge in [-0.05, 0) is 60.2 Å². The van der Waals surface area contributed by atoms with Crippen LogP contribution in [0.4, 0.5) is 11.4 Å². The number of ether oxygens (including phenoxy) is 4. The molecule has 0 atom stereocenters. The summed E-state index contributed by atoms with van der Waals surface area (Å²) in [6, 6.07) is 25.9. The Kier molecular flexibility index (Phi) is 11.5. The Labute approximate surface area is 265 Å². The van der Waals surface area contributed by atoms with E-state index in [-0.39, 0.29) is 17.4 Å². The molecule has 4 rings (SSSR count). The third-order valence-corrected chi connectivity index (χ3v) is 7.38. The Morgan fingerprint density at radius 2 is 1.36 bits per heavy atom. The maximum atomic E-state index is 13.4. The molecule has 3 amide bonds. The maximum Gasteiger partial charge on any atom is 0.272 e. The monoisotopic (exact) mass is 627 g/mol. The molecule has 0 aromatic heterocycles.